The van der Waals surface area contributed by atoms with E-state index in [9.17, 15) is 13.6 Å². The van der Waals surface area contributed by atoms with Crippen molar-refractivity contribution in [3.8, 4) is 0 Å². The molecule has 0 fully saturated rings. The van der Waals surface area contributed by atoms with Gasteiger partial charge < -0.3 is 4.90 Å². The van der Waals surface area contributed by atoms with Gasteiger partial charge in [-0.15, -0.1) is 11.3 Å². The highest BCUT2D eigenvalue weighted by Gasteiger charge is 2.35. The largest absolute Gasteiger partial charge is 0.331 e. The molecular weight excluding hydrogens is 210 g/mol. The molecule has 0 saturated carbocycles. The first-order valence-electron chi connectivity index (χ1n) is 4.15. The van der Waals surface area contributed by atoms with Crippen molar-refractivity contribution in [1.29, 1.82) is 0 Å². The lowest BCUT2D eigenvalue weighted by atomic mass is 10.1. The summed E-state index contributed by atoms with van der Waals surface area (Å²) in [5, 5.41) is 0. The average Bonchev–Trinajstić information content (AvgIpc) is 2.62. The highest BCUT2D eigenvalue weighted by atomic mass is 32.1. The third-order valence-corrected chi connectivity index (χ3v) is 3.22. The van der Waals surface area contributed by atoms with E-state index in [2.05, 4.69) is 4.98 Å². The normalized spacial score (nSPS) is 21.1. The second kappa shape index (κ2) is 3.61. The Morgan fingerprint density at radius 2 is 2.50 bits per heavy atom. The highest BCUT2D eigenvalue weighted by Crippen LogP contribution is 2.35. The summed E-state index contributed by atoms with van der Waals surface area (Å²) in [4.78, 5) is 16.3. The van der Waals surface area contributed by atoms with Crippen LogP contribution in [0.25, 0.3) is 0 Å². The second-order valence-electron chi connectivity index (χ2n) is 3.04. The van der Waals surface area contributed by atoms with Gasteiger partial charge in [0.2, 0.25) is 6.41 Å². The van der Waals surface area contributed by atoms with Gasteiger partial charge >= 0.3 is 0 Å². The van der Waals surface area contributed by atoms with Gasteiger partial charge in [-0.25, -0.2) is 13.8 Å². The van der Waals surface area contributed by atoms with Gasteiger partial charge in [0.1, 0.15) is 6.04 Å². The third-order valence-electron chi connectivity index (χ3n) is 2.28. The lowest BCUT2D eigenvalue weighted by Gasteiger charge is -2.31. The van der Waals surface area contributed by atoms with E-state index in [0.717, 1.165) is 4.90 Å². The second-order valence-corrected chi connectivity index (χ2v) is 3.92. The van der Waals surface area contributed by atoms with Crippen molar-refractivity contribution in [2.45, 2.75) is 18.9 Å². The minimum atomic E-state index is -2.54. The first-order chi connectivity index (χ1) is 6.74. The van der Waals surface area contributed by atoms with E-state index < -0.39 is 12.5 Å². The van der Waals surface area contributed by atoms with Crippen LogP contribution in [0.2, 0.25) is 0 Å². The molecule has 1 aliphatic heterocycles. The van der Waals surface area contributed by atoms with Crippen LogP contribution in [-0.2, 0) is 11.2 Å². The van der Waals surface area contributed by atoms with Gasteiger partial charge in [-0.2, -0.15) is 0 Å². The zero-order valence-corrected chi connectivity index (χ0v) is 8.01. The van der Waals surface area contributed by atoms with Crippen LogP contribution in [0.5, 0.6) is 0 Å². The Balaban J connectivity index is 2.37. The molecule has 1 unspecified atom stereocenters. The zero-order valence-electron chi connectivity index (χ0n) is 7.19. The van der Waals surface area contributed by atoms with Gasteiger partial charge in [0.15, 0.2) is 0 Å². The van der Waals surface area contributed by atoms with Crippen LogP contribution in [0.3, 0.4) is 0 Å². The molecule has 0 bridgehead atoms. The first kappa shape index (κ1) is 9.51. The smallest absolute Gasteiger partial charge is 0.263 e. The van der Waals surface area contributed by atoms with Crippen LogP contribution in [-0.4, -0.2) is 29.3 Å². The zero-order chi connectivity index (χ0) is 10.1. The maximum atomic E-state index is 12.7. The number of hydrogen-bond acceptors (Lipinski definition) is 3. The lowest BCUT2D eigenvalue weighted by Crippen LogP contribution is -2.37. The fourth-order valence-electron chi connectivity index (χ4n) is 1.61. The molecule has 76 valence electrons. The van der Waals surface area contributed by atoms with Gasteiger partial charge in [-0.1, -0.05) is 0 Å². The van der Waals surface area contributed by atoms with Crippen molar-refractivity contribution in [1.82, 2.24) is 9.88 Å². The van der Waals surface area contributed by atoms with Crippen molar-refractivity contribution >= 4 is 17.7 Å². The molecule has 0 aliphatic carbocycles. The van der Waals surface area contributed by atoms with E-state index >= 15 is 0 Å². The van der Waals surface area contributed by atoms with Crippen LogP contribution < -0.4 is 0 Å². The van der Waals surface area contributed by atoms with Gasteiger partial charge in [0, 0.05) is 13.0 Å². The number of hydrogen-bond donors (Lipinski definition) is 0. The Kier molecular flexibility index (Phi) is 2.45. The van der Waals surface area contributed by atoms with Gasteiger partial charge in [0.05, 0.1) is 16.1 Å². The number of amides is 1. The van der Waals surface area contributed by atoms with E-state index in [-0.39, 0.29) is 0 Å². The SMILES string of the molecule is O=CN1CCc2ncsc2C1C(F)F. The number of thiazole rings is 1. The standard InChI is InChI=1S/C8H8F2N2OS/c9-8(10)6-7-5(11-3-14-7)1-2-12(6)4-13/h3-4,6,8H,1-2H2. The van der Waals surface area contributed by atoms with Crippen LogP contribution >= 0.6 is 11.3 Å². The molecule has 2 rings (SSSR count). The summed E-state index contributed by atoms with van der Waals surface area (Å²) in [6.07, 6.45) is -1.49. The molecule has 0 saturated heterocycles. The summed E-state index contributed by atoms with van der Waals surface area (Å²) < 4.78 is 25.4. The fraction of sp³-hybridized carbons (Fsp3) is 0.500. The Morgan fingerprint density at radius 1 is 1.71 bits per heavy atom. The molecule has 1 aromatic rings. The molecule has 3 nitrogen and oxygen atoms in total. The number of alkyl halides is 2. The maximum Gasteiger partial charge on any atom is 0.263 e. The number of rotatable bonds is 2. The Hall–Kier alpha value is -1.04. The Labute approximate surface area is 83.4 Å². The van der Waals surface area contributed by atoms with Crippen LogP contribution in [0, 0.1) is 0 Å². The monoisotopic (exact) mass is 218 g/mol. The maximum absolute atomic E-state index is 12.7. The predicted molar refractivity (Wildman–Crippen MR) is 47.3 cm³/mol. The number of aromatic nitrogens is 1. The summed E-state index contributed by atoms with van der Waals surface area (Å²) in [5.41, 5.74) is 2.26. The number of fused-ring (bicyclic) bond motifs is 1. The van der Waals surface area contributed by atoms with E-state index in [0.29, 0.717) is 29.9 Å². The fourth-order valence-corrected chi connectivity index (χ4v) is 2.57. The van der Waals surface area contributed by atoms with Crippen molar-refractivity contribution in [3.63, 3.8) is 0 Å². The third kappa shape index (κ3) is 1.39. The molecular formula is C8H8F2N2OS. The van der Waals surface area contributed by atoms with Gasteiger partial charge in [-0.05, 0) is 0 Å². The topological polar surface area (TPSA) is 33.2 Å². The molecule has 6 heteroatoms. The molecule has 14 heavy (non-hydrogen) atoms. The molecule has 1 atom stereocenters. The highest BCUT2D eigenvalue weighted by molar-refractivity contribution is 7.09. The van der Waals surface area contributed by atoms with Crippen molar-refractivity contribution in [2.24, 2.45) is 0 Å². The average molecular weight is 218 g/mol. The van der Waals surface area contributed by atoms with Crippen molar-refractivity contribution in [3.05, 3.63) is 16.1 Å². The molecule has 0 aromatic carbocycles. The van der Waals surface area contributed by atoms with Crippen LogP contribution in [0.4, 0.5) is 8.78 Å². The first-order valence-corrected chi connectivity index (χ1v) is 5.03. The lowest BCUT2D eigenvalue weighted by molar-refractivity contribution is -0.124. The quantitative estimate of drug-likeness (QED) is 0.704. The number of halogens is 2. The van der Waals surface area contributed by atoms with Crippen molar-refractivity contribution in [2.75, 3.05) is 6.54 Å². The van der Waals surface area contributed by atoms with E-state index in [1.165, 1.54) is 11.3 Å². The van der Waals surface area contributed by atoms with E-state index in [4.69, 9.17) is 0 Å². The van der Waals surface area contributed by atoms with Gasteiger partial charge in [0.25, 0.3) is 6.43 Å². The molecule has 1 aromatic heterocycles. The van der Waals surface area contributed by atoms with Crippen LogP contribution in [0.1, 0.15) is 16.6 Å². The van der Waals surface area contributed by atoms with Crippen LogP contribution in [0.15, 0.2) is 5.51 Å². The van der Waals surface area contributed by atoms with E-state index in [1.807, 2.05) is 0 Å². The minimum absolute atomic E-state index is 0.329. The van der Waals surface area contributed by atoms with E-state index in [1.54, 1.807) is 5.51 Å². The summed E-state index contributed by atoms with van der Waals surface area (Å²) in [7, 11) is 0. The molecule has 2 heterocycles. The molecule has 1 aliphatic rings. The summed E-state index contributed by atoms with van der Waals surface area (Å²) >= 11 is 1.19. The molecule has 0 N–H and O–H groups in total. The number of carbonyl (C=O) groups is 1. The predicted octanol–water partition coefficient (Wildman–Crippen LogP) is 1.46. The summed E-state index contributed by atoms with van der Waals surface area (Å²) in [5.74, 6) is 0. The van der Waals surface area contributed by atoms with Crippen molar-refractivity contribution < 1.29 is 13.6 Å². The number of nitrogens with zero attached hydrogens (tertiary/aromatic N) is 2. The molecule has 0 radical (unpaired) electrons. The summed E-state index contributed by atoms with van der Waals surface area (Å²) in [6, 6.07) is -1.09. The number of carbonyl (C=O) groups excluding carboxylic acids is 1. The minimum Gasteiger partial charge on any atom is -0.331 e. The molecule has 1 amide bonds. The Morgan fingerprint density at radius 3 is 3.14 bits per heavy atom. The Bertz CT molecular complexity index is 342. The summed E-state index contributed by atoms with van der Waals surface area (Å²) in [6.45, 7) is 0.329. The van der Waals surface area contributed by atoms with Gasteiger partial charge in [-0.3, -0.25) is 4.79 Å². The molecule has 0 spiro atoms.